The third-order valence-electron chi connectivity index (χ3n) is 5.29. The van der Waals surface area contributed by atoms with Crippen molar-refractivity contribution in [3.05, 3.63) is 47.7 Å². The number of likely N-dealkylation sites (tertiary alicyclic amines) is 1. The van der Waals surface area contributed by atoms with Gasteiger partial charge in [0.15, 0.2) is 5.65 Å². The molecule has 0 radical (unpaired) electrons. The molecule has 1 aliphatic heterocycles. The molecule has 1 saturated heterocycles. The van der Waals surface area contributed by atoms with Crippen molar-refractivity contribution in [3.63, 3.8) is 0 Å². The Morgan fingerprint density at radius 1 is 1.14 bits per heavy atom. The van der Waals surface area contributed by atoms with Crippen molar-refractivity contribution in [2.45, 2.75) is 39.2 Å². The van der Waals surface area contributed by atoms with Crippen LogP contribution in [0.15, 0.2) is 36.5 Å². The molecule has 0 aliphatic carbocycles. The molecule has 150 valence electrons. The summed E-state index contributed by atoms with van der Waals surface area (Å²) in [7, 11) is 0. The highest BCUT2D eigenvalue weighted by Gasteiger charge is 2.24. The molecule has 8 heteroatoms. The molecule has 1 atom stereocenters. The summed E-state index contributed by atoms with van der Waals surface area (Å²) in [4.78, 5) is 31.6. The van der Waals surface area contributed by atoms with E-state index in [-0.39, 0.29) is 11.8 Å². The zero-order chi connectivity index (χ0) is 20.4. The van der Waals surface area contributed by atoms with Gasteiger partial charge in [0.25, 0.3) is 5.91 Å². The molecule has 1 N–H and O–H groups in total. The lowest BCUT2D eigenvalue weighted by Crippen LogP contribution is -2.48. The minimum absolute atomic E-state index is 0.0307. The second-order valence-corrected chi connectivity index (χ2v) is 7.43. The van der Waals surface area contributed by atoms with Crippen LogP contribution in [0.5, 0.6) is 0 Å². The van der Waals surface area contributed by atoms with Gasteiger partial charge in [-0.1, -0.05) is 11.3 Å². The van der Waals surface area contributed by atoms with Gasteiger partial charge in [-0.3, -0.25) is 9.59 Å². The number of piperidine rings is 1. The molecule has 2 amide bonds. The van der Waals surface area contributed by atoms with Crippen LogP contribution in [-0.2, 0) is 4.79 Å². The largest absolute Gasteiger partial charge is 0.341 e. The van der Waals surface area contributed by atoms with Gasteiger partial charge in [0.1, 0.15) is 11.6 Å². The van der Waals surface area contributed by atoms with Crippen molar-refractivity contribution >= 4 is 23.0 Å². The lowest BCUT2D eigenvalue weighted by molar-refractivity contribution is -0.133. The second-order valence-electron chi connectivity index (χ2n) is 7.43. The zero-order valence-electron chi connectivity index (χ0n) is 16.6. The van der Waals surface area contributed by atoms with Crippen molar-refractivity contribution in [2.24, 2.45) is 0 Å². The van der Waals surface area contributed by atoms with Crippen LogP contribution < -0.4 is 5.32 Å². The van der Waals surface area contributed by atoms with Gasteiger partial charge in [0, 0.05) is 24.8 Å². The number of aryl methyl sites for hydroxylation is 1. The first-order valence-corrected chi connectivity index (χ1v) is 9.92. The Labute approximate surface area is 168 Å². The first-order chi connectivity index (χ1) is 14.0. The van der Waals surface area contributed by atoms with E-state index in [1.165, 1.54) is 0 Å². The number of benzene rings is 1. The summed E-state index contributed by atoms with van der Waals surface area (Å²) in [6, 6.07) is 8.44. The minimum atomic E-state index is -0.570. The van der Waals surface area contributed by atoms with Gasteiger partial charge in [0.2, 0.25) is 5.91 Å². The van der Waals surface area contributed by atoms with Gasteiger partial charge in [-0.25, -0.2) is 4.98 Å². The molecular weight excluding hydrogens is 368 g/mol. The van der Waals surface area contributed by atoms with Gasteiger partial charge < -0.3 is 10.2 Å². The number of fused-ring (bicyclic) bond motifs is 1. The van der Waals surface area contributed by atoms with E-state index < -0.39 is 6.04 Å². The molecule has 8 nitrogen and oxygen atoms in total. The molecule has 1 fully saturated rings. The number of aromatic nitrogens is 4. The zero-order valence-corrected chi connectivity index (χ0v) is 16.6. The molecule has 1 aliphatic rings. The number of carbonyl (C=O) groups is 2. The average molecular weight is 392 g/mol. The third kappa shape index (κ3) is 3.83. The van der Waals surface area contributed by atoms with Gasteiger partial charge >= 0.3 is 0 Å². The van der Waals surface area contributed by atoms with E-state index in [2.05, 4.69) is 20.6 Å². The van der Waals surface area contributed by atoms with E-state index in [4.69, 9.17) is 0 Å². The lowest BCUT2D eigenvalue weighted by atomic mass is 10.1. The molecule has 3 heterocycles. The smallest absolute Gasteiger partial charge is 0.251 e. The summed E-state index contributed by atoms with van der Waals surface area (Å²) in [6.45, 7) is 5.20. The molecule has 2 aromatic heterocycles. The first-order valence-electron chi connectivity index (χ1n) is 9.92. The highest BCUT2D eigenvalue weighted by Crippen LogP contribution is 2.19. The van der Waals surface area contributed by atoms with Crippen molar-refractivity contribution in [1.82, 2.24) is 30.2 Å². The maximum Gasteiger partial charge on any atom is 0.251 e. The Morgan fingerprint density at radius 2 is 1.93 bits per heavy atom. The van der Waals surface area contributed by atoms with Crippen LogP contribution in [-0.4, -0.2) is 55.8 Å². The Kier molecular flexibility index (Phi) is 5.24. The van der Waals surface area contributed by atoms with E-state index in [1.807, 2.05) is 24.0 Å². The van der Waals surface area contributed by atoms with E-state index in [0.29, 0.717) is 16.7 Å². The number of carbonyl (C=O) groups excluding carboxylic acids is 2. The number of rotatable bonds is 4. The van der Waals surface area contributed by atoms with Crippen LogP contribution in [0.4, 0.5) is 0 Å². The number of hydrogen-bond acceptors (Lipinski definition) is 5. The summed E-state index contributed by atoms with van der Waals surface area (Å²) in [5, 5.41) is 11.2. The standard InChI is InChI=1S/C21H24N6O2/c1-14-8-9-16(13-18(14)27-19-17(24-25-27)7-6-10-22-19)20(28)23-15(2)21(29)26-11-4-3-5-12-26/h6-10,13,15H,3-5,11-12H2,1-2H3,(H,23,28)/t15-/m1/s1. The van der Waals surface area contributed by atoms with E-state index in [9.17, 15) is 9.59 Å². The fourth-order valence-electron chi connectivity index (χ4n) is 3.64. The number of nitrogens with one attached hydrogen (secondary N) is 1. The van der Waals surface area contributed by atoms with Crippen LogP contribution in [0, 0.1) is 6.92 Å². The Morgan fingerprint density at radius 3 is 2.72 bits per heavy atom. The second kappa shape index (κ2) is 7.98. The van der Waals surface area contributed by atoms with Crippen LogP contribution in [0.25, 0.3) is 16.9 Å². The molecule has 0 bridgehead atoms. The monoisotopic (exact) mass is 392 g/mol. The fraction of sp³-hybridized carbons (Fsp3) is 0.381. The molecule has 4 rings (SSSR count). The van der Waals surface area contributed by atoms with Crippen LogP contribution in [0.2, 0.25) is 0 Å². The number of amides is 2. The number of hydrogen-bond donors (Lipinski definition) is 1. The average Bonchev–Trinajstić information content (AvgIpc) is 3.18. The van der Waals surface area contributed by atoms with Crippen molar-refractivity contribution < 1.29 is 9.59 Å². The molecule has 0 spiro atoms. The normalized spacial score (nSPS) is 15.3. The predicted molar refractivity (Wildman–Crippen MR) is 109 cm³/mol. The number of pyridine rings is 1. The molecule has 3 aromatic rings. The summed E-state index contributed by atoms with van der Waals surface area (Å²) in [5.41, 5.74) is 3.44. The SMILES string of the molecule is Cc1ccc(C(=O)N[C@H](C)C(=O)N2CCCCC2)cc1-n1nnc2cccnc21. The highest BCUT2D eigenvalue weighted by atomic mass is 16.2. The van der Waals surface area contributed by atoms with Crippen LogP contribution in [0.3, 0.4) is 0 Å². The summed E-state index contributed by atoms with van der Waals surface area (Å²) < 4.78 is 1.63. The highest BCUT2D eigenvalue weighted by molar-refractivity contribution is 5.98. The van der Waals surface area contributed by atoms with E-state index >= 15 is 0 Å². The number of nitrogens with zero attached hydrogens (tertiary/aromatic N) is 5. The predicted octanol–water partition coefficient (Wildman–Crippen LogP) is 2.25. The Balaban J connectivity index is 1.55. The minimum Gasteiger partial charge on any atom is -0.341 e. The van der Waals surface area contributed by atoms with Crippen molar-refractivity contribution in [3.8, 4) is 5.69 Å². The summed E-state index contributed by atoms with van der Waals surface area (Å²) >= 11 is 0. The third-order valence-corrected chi connectivity index (χ3v) is 5.29. The van der Waals surface area contributed by atoms with Gasteiger partial charge in [-0.15, -0.1) is 5.10 Å². The molecular formula is C21H24N6O2. The van der Waals surface area contributed by atoms with Gasteiger partial charge in [-0.05, 0) is 62.9 Å². The molecule has 0 unspecified atom stereocenters. The van der Waals surface area contributed by atoms with Crippen LogP contribution >= 0.6 is 0 Å². The van der Waals surface area contributed by atoms with Crippen molar-refractivity contribution in [1.29, 1.82) is 0 Å². The fourth-order valence-corrected chi connectivity index (χ4v) is 3.64. The Bertz CT molecular complexity index is 1050. The van der Waals surface area contributed by atoms with Crippen LogP contribution in [0.1, 0.15) is 42.1 Å². The maximum absolute atomic E-state index is 12.8. The molecule has 1 aromatic carbocycles. The van der Waals surface area contributed by atoms with Crippen molar-refractivity contribution in [2.75, 3.05) is 13.1 Å². The molecule has 0 saturated carbocycles. The quantitative estimate of drug-likeness (QED) is 0.735. The first kappa shape index (κ1) is 19.0. The van der Waals surface area contributed by atoms with Gasteiger partial charge in [0.05, 0.1) is 5.69 Å². The Hall–Kier alpha value is -3.29. The summed E-state index contributed by atoms with van der Waals surface area (Å²) in [6.07, 6.45) is 4.88. The van der Waals surface area contributed by atoms with E-state index in [0.717, 1.165) is 43.6 Å². The van der Waals surface area contributed by atoms with E-state index in [1.54, 1.807) is 36.0 Å². The lowest BCUT2D eigenvalue weighted by Gasteiger charge is -2.29. The topological polar surface area (TPSA) is 93.0 Å². The summed E-state index contributed by atoms with van der Waals surface area (Å²) in [5.74, 6) is -0.321. The van der Waals surface area contributed by atoms with Gasteiger partial charge in [-0.2, -0.15) is 4.68 Å². The maximum atomic E-state index is 12.8. The molecule has 29 heavy (non-hydrogen) atoms.